The molecule has 5 aromatic rings. The molecule has 0 aliphatic rings. The highest BCUT2D eigenvalue weighted by molar-refractivity contribution is 9.10. The van der Waals surface area contributed by atoms with E-state index < -0.39 is 11.9 Å². The number of nitrogens with one attached hydrogen (secondary N) is 2. The molecule has 9 heteroatoms. The summed E-state index contributed by atoms with van der Waals surface area (Å²) < 4.78 is 16.6. The van der Waals surface area contributed by atoms with Gasteiger partial charge in [0.05, 0.1) is 25.1 Å². The minimum absolute atomic E-state index is 0.0780. The van der Waals surface area contributed by atoms with Crippen LogP contribution in [0.15, 0.2) is 99.1 Å². The molecule has 0 spiro atoms. The van der Waals surface area contributed by atoms with Crippen LogP contribution in [0.3, 0.4) is 0 Å². The van der Waals surface area contributed by atoms with Gasteiger partial charge in [-0.05, 0) is 63.5 Å². The maximum Gasteiger partial charge on any atom is 0.379 e. The van der Waals surface area contributed by atoms with Gasteiger partial charge >= 0.3 is 5.97 Å². The first-order valence-corrected chi connectivity index (χ1v) is 12.0. The normalized spacial score (nSPS) is 11.1. The molecule has 0 aliphatic heterocycles. The van der Waals surface area contributed by atoms with Crippen molar-refractivity contribution in [1.82, 2.24) is 10.4 Å². The number of carbonyl (C=O) groups is 2. The number of H-pyrrole nitrogens is 1. The fourth-order valence-corrected chi connectivity index (χ4v) is 4.34. The minimum Gasteiger partial charge on any atom is -0.493 e. The Labute approximate surface area is 220 Å². The van der Waals surface area contributed by atoms with Crippen molar-refractivity contribution in [3.05, 3.63) is 107 Å². The lowest BCUT2D eigenvalue weighted by Crippen LogP contribution is -2.18. The highest BCUT2D eigenvalue weighted by Crippen LogP contribution is 2.35. The number of halogens is 1. The fourth-order valence-electron chi connectivity index (χ4n) is 3.87. The number of para-hydroxylation sites is 1. The molecule has 184 valence electrons. The lowest BCUT2D eigenvalue weighted by Gasteiger charge is -2.09. The molecule has 1 amide bonds. The van der Waals surface area contributed by atoms with Gasteiger partial charge in [0.2, 0.25) is 5.76 Å². The van der Waals surface area contributed by atoms with Crippen molar-refractivity contribution in [2.45, 2.75) is 0 Å². The largest absolute Gasteiger partial charge is 0.493 e. The van der Waals surface area contributed by atoms with Crippen molar-refractivity contribution in [3.63, 3.8) is 0 Å². The Kier molecular flexibility index (Phi) is 6.87. The number of benzene rings is 3. The third-order valence-electron chi connectivity index (χ3n) is 5.56. The lowest BCUT2D eigenvalue weighted by atomic mass is 10.0. The van der Waals surface area contributed by atoms with Crippen LogP contribution in [0.25, 0.3) is 22.0 Å². The van der Waals surface area contributed by atoms with Gasteiger partial charge in [0, 0.05) is 15.4 Å². The second-order valence-electron chi connectivity index (χ2n) is 7.88. The zero-order chi connectivity index (χ0) is 25.8. The Morgan fingerprint density at radius 1 is 1.00 bits per heavy atom. The summed E-state index contributed by atoms with van der Waals surface area (Å²) in [6.07, 6.45) is 2.86. The van der Waals surface area contributed by atoms with Crippen LogP contribution in [0.1, 0.15) is 26.6 Å². The van der Waals surface area contributed by atoms with E-state index in [2.05, 4.69) is 31.4 Å². The van der Waals surface area contributed by atoms with Gasteiger partial charge in [0.25, 0.3) is 5.91 Å². The first kappa shape index (κ1) is 24.1. The SMILES string of the molecule is COc1cc(C=NNC(=O)c2[nH]c3c(Br)cccc3c2-c2ccccc2)ccc1OC(=O)c1ccco1. The molecule has 0 radical (unpaired) electrons. The number of methoxy groups -OCH3 is 1. The molecule has 0 bridgehead atoms. The van der Waals surface area contributed by atoms with Crippen molar-refractivity contribution in [2.75, 3.05) is 7.11 Å². The second-order valence-corrected chi connectivity index (χ2v) is 8.73. The van der Waals surface area contributed by atoms with E-state index in [0.717, 1.165) is 26.5 Å². The van der Waals surface area contributed by atoms with Gasteiger partial charge in [-0.2, -0.15) is 5.10 Å². The minimum atomic E-state index is -0.642. The lowest BCUT2D eigenvalue weighted by molar-refractivity contribution is 0.0696. The van der Waals surface area contributed by atoms with Crippen molar-refractivity contribution < 1.29 is 23.5 Å². The Morgan fingerprint density at radius 2 is 1.84 bits per heavy atom. The number of hydrazone groups is 1. The molecule has 5 rings (SSSR count). The van der Waals surface area contributed by atoms with E-state index in [-0.39, 0.29) is 11.5 Å². The predicted octanol–water partition coefficient (Wildman–Crippen LogP) is 6.18. The summed E-state index contributed by atoms with van der Waals surface area (Å²) in [6.45, 7) is 0. The summed E-state index contributed by atoms with van der Waals surface area (Å²) in [4.78, 5) is 28.6. The number of aromatic nitrogens is 1. The van der Waals surface area contributed by atoms with Crippen molar-refractivity contribution in [2.24, 2.45) is 5.10 Å². The van der Waals surface area contributed by atoms with Crippen molar-refractivity contribution in [1.29, 1.82) is 0 Å². The number of amides is 1. The number of ether oxygens (including phenoxy) is 2. The van der Waals surface area contributed by atoms with Crippen LogP contribution < -0.4 is 14.9 Å². The third-order valence-corrected chi connectivity index (χ3v) is 6.23. The number of carbonyl (C=O) groups excluding carboxylic acids is 2. The molecule has 2 aromatic heterocycles. The molecule has 0 saturated heterocycles. The van der Waals surface area contributed by atoms with Crippen LogP contribution in [0.4, 0.5) is 0 Å². The molecule has 0 aliphatic carbocycles. The summed E-state index contributed by atoms with van der Waals surface area (Å²) in [5, 5.41) is 5.03. The summed E-state index contributed by atoms with van der Waals surface area (Å²) in [6, 6.07) is 23.5. The van der Waals surface area contributed by atoms with Crippen LogP contribution in [0.5, 0.6) is 11.5 Å². The van der Waals surface area contributed by atoms with Gasteiger partial charge in [-0.1, -0.05) is 42.5 Å². The number of esters is 1. The maximum atomic E-state index is 13.2. The maximum absolute atomic E-state index is 13.2. The topological polar surface area (TPSA) is 106 Å². The highest BCUT2D eigenvalue weighted by atomic mass is 79.9. The van der Waals surface area contributed by atoms with Crippen LogP contribution in [-0.4, -0.2) is 30.2 Å². The van der Waals surface area contributed by atoms with Gasteiger partial charge < -0.3 is 18.9 Å². The molecule has 0 unspecified atom stereocenters. The smallest absolute Gasteiger partial charge is 0.379 e. The van der Waals surface area contributed by atoms with E-state index >= 15 is 0 Å². The second kappa shape index (κ2) is 10.5. The van der Waals surface area contributed by atoms with Crippen LogP contribution in [0, 0.1) is 0 Å². The number of aromatic amines is 1. The van der Waals surface area contributed by atoms with Gasteiger partial charge in [0.1, 0.15) is 5.69 Å². The van der Waals surface area contributed by atoms with Gasteiger partial charge in [-0.15, -0.1) is 0 Å². The molecule has 2 heterocycles. The quantitative estimate of drug-likeness (QED) is 0.107. The molecule has 2 N–H and O–H groups in total. The molecular weight excluding hydrogens is 538 g/mol. The van der Waals surface area contributed by atoms with E-state index in [0.29, 0.717) is 17.0 Å². The van der Waals surface area contributed by atoms with E-state index in [1.807, 2.05) is 48.5 Å². The average Bonchev–Trinajstić information content (AvgIpc) is 3.59. The Hall–Kier alpha value is -4.63. The van der Waals surface area contributed by atoms with Crippen LogP contribution in [-0.2, 0) is 0 Å². The number of nitrogens with zero attached hydrogens (tertiary/aromatic N) is 1. The predicted molar refractivity (Wildman–Crippen MR) is 143 cm³/mol. The van der Waals surface area contributed by atoms with Crippen LogP contribution in [0.2, 0.25) is 0 Å². The Bertz CT molecular complexity index is 1610. The molecule has 0 fully saturated rings. The summed E-state index contributed by atoms with van der Waals surface area (Å²) in [7, 11) is 1.46. The monoisotopic (exact) mass is 557 g/mol. The number of fused-ring (bicyclic) bond motifs is 1. The highest BCUT2D eigenvalue weighted by Gasteiger charge is 2.20. The molecule has 3 aromatic carbocycles. The fraction of sp³-hybridized carbons (Fsp3) is 0.0357. The molecule has 0 atom stereocenters. The van der Waals surface area contributed by atoms with Crippen LogP contribution >= 0.6 is 15.9 Å². The number of furan rings is 1. The first-order chi connectivity index (χ1) is 18.0. The summed E-state index contributed by atoms with van der Waals surface area (Å²) in [5.41, 5.74) is 6.11. The summed E-state index contributed by atoms with van der Waals surface area (Å²) >= 11 is 3.55. The van der Waals surface area contributed by atoms with Crippen molar-refractivity contribution >= 4 is 44.9 Å². The number of rotatable bonds is 7. The average molecular weight is 558 g/mol. The zero-order valence-electron chi connectivity index (χ0n) is 19.5. The Morgan fingerprint density at radius 3 is 2.59 bits per heavy atom. The van der Waals surface area contributed by atoms with E-state index in [1.165, 1.54) is 25.7 Å². The molecular formula is C28H20BrN3O5. The van der Waals surface area contributed by atoms with Gasteiger partial charge in [0.15, 0.2) is 11.5 Å². The number of hydrogen-bond donors (Lipinski definition) is 2. The first-order valence-electron chi connectivity index (χ1n) is 11.2. The van der Waals surface area contributed by atoms with Gasteiger partial charge in [-0.25, -0.2) is 10.2 Å². The zero-order valence-corrected chi connectivity index (χ0v) is 21.1. The van der Waals surface area contributed by atoms with Gasteiger partial charge in [-0.3, -0.25) is 4.79 Å². The molecule has 0 saturated carbocycles. The molecule has 8 nitrogen and oxygen atoms in total. The van der Waals surface area contributed by atoms with E-state index in [1.54, 1.807) is 24.3 Å². The van der Waals surface area contributed by atoms with Crippen molar-refractivity contribution in [3.8, 4) is 22.6 Å². The molecule has 37 heavy (non-hydrogen) atoms. The van der Waals surface area contributed by atoms with E-state index in [9.17, 15) is 9.59 Å². The third kappa shape index (κ3) is 5.03. The Balaban J connectivity index is 1.37. The number of hydrogen-bond acceptors (Lipinski definition) is 6. The standard InChI is InChI=1S/C28H20BrN3O5/c1-35-23-15-17(12-13-21(23)37-28(34)22-11-6-14-36-22)16-30-32-27(33)26-24(18-7-3-2-4-8-18)19-9-5-10-20(29)25(19)31-26/h2-16,31H,1H3,(H,32,33). The van der Waals surface area contributed by atoms with E-state index in [4.69, 9.17) is 13.9 Å². The summed E-state index contributed by atoms with van der Waals surface area (Å²) in [5.74, 6) is -0.414.